The van der Waals surface area contributed by atoms with E-state index >= 15 is 0 Å². The van der Waals surface area contributed by atoms with Crippen LogP contribution in [0.2, 0.25) is 0 Å². The Morgan fingerprint density at radius 1 is 1.29 bits per heavy atom. The lowest BCUT2D eigenvalue weighted by Crippen LogP contribution is -2.41. The van der Waals surface area contributed by atoms with Gasteiger partial charge >= 0.3 is 5.97 Å². The Bertz CT molecular complexity index is 405. The van der Waals surface area contributed by atoms with Crippen molar-refractivity contribution in [3.05, 3.63) is 0 Å². The fourth-order valence-corrected chi connectivity index (χ4v) is 4.10. The fraction of sp³-hybridized carbons (Fsp3) is 0.929. The second-order valence-electron chi connectivity index (χ2n) is 5.42. The average Bonchev–Trinajstić information content (AvgIpc) is 2.46. The maximum absolute atomic E-state index is 12.4. The molecule has 0 radical (unpaired) electrons. The van der Waals surface area contributed by atoms with Gasteiger partial charge in [0.05, 0.1) is 18.8 Å². The smallest absolute Gasteiger partial charge is 0.306 e. The van der Waals surface area contributed by atoms with Gasteiger partial charge in [0.15, 0.2) is 0 Å². The van der Waals surface area contributed by atoms with E-state index in [4.69, 9.17) is 4.74 Å². The van der Waals surface area contributed by atoms with Crippen molar-refractivity contribution in [3.8, 4) is 0 Å². The summed E-state index contributed by atoms with van der Waals surface area (Å²) in [5.74, 6) is -0.189. The zero-order valence-corrected chi connectivity index (χ0v) is 14.0. The predicted octanol–water partition coefficient (Wildman–Crippen LogP) is 0.981. The molecule has 124 valence electrons. The highest BCUT2D eigenvalue weighted by Crippen LogP contribution is 2.16. The molecule has 0 spiro atoms. The van der Waals surface area contributed by atoms with Crippen LogP contribution in [0, 0.1) is 5.92 Å². The van der Waals surface area contributed by atoms with Gasteiger partial charge in [0, 0.05) is 13.1 Å². The first-order valence-corrected chi connectivity index (χ1v) is 9.44. The number of esters is 1. The number of rotatable bonds is 9. The minimum atomic E-state index is -3.39. The van der Waals surface area contributed by atoms with Crippen LogP contribution >= 0.6 is 0 Å². The molecule has 6 nitrogen and oxygen atoms in total. The normalized spacial score (nSPS) is 17.1. The molecule has 21 heavy (non-hydrogen) atoms. The number of hydrogen-bond donors (Lipinski definition) is 1. The molecule has 0 bridgehead atoms. The van der Waals surface area contributed by atoms with E-state index < -0.39 is 16.0 Å². The summed E-state index contributed by atoms with van der Waals surface area (Å²) >= 11 is 0. The summed E-state index contributed by atoms with van der Waals surface area (Å²) < 4.78 is 31.2. The summed E-state index contributed by atoms with van der Waals surface area (Å²) in [6.07, 6.45) is 2.73. The number of hydrogen-bond acceptors (Lipinski definition) is 5. The maximum atomic E-state index is 12.4. The molecule has 1 fully saturated rings. The van der Waals surface area contributed by atoms with Gasteiger partial charge in [0.1, 0.15) is 0 Å². The molecule has 0 amide bonds. The third kappa shape index (κ3) is 6.76. The summed E-state index contributed by atoms with van der Waals surface area (Å²) in [6, 6.07) is 0. The number of carbonyl (C=O) groups is 1. The first-order chi connectivity index (χ1) is 9.99. The van der Waals surface area contributed by atoms with Crippen LogP contribution in [-0.2, 0) is 19.6 Å². The molecule has 1 rings (SSSR count). The molecule has 1 saturated heterocycles. The minimum absolute atomic E-state index is 0.0669. The van der Waals surface area contributed by atoms with Crippen molar-refractivity contribution < 1.29 is 17.9 Å². The van der Waals surface area contributed by atoms with E-state index in [1.807, 2.05) is 6.92 Å². The molecular weight excluding hydrogens is 292 g/mol. The highest BCUT2D eigenvalue weighted by molar-refractivity contribution is 7.89. The van der Waals surface area contributed by atoms with Gasteiger partial charge in [-0.3, -0.25) is 4.79 Å². The molecule has 1 aliphatic heterocycles. The van der Waals surface area contributed by atoms with Crippen LogP contribution in [0.25, 0.3) is 0 Å². The largest absolute Gasteiger partial charge is 0.466 e. The van der Waals surface area contributed by atoms with E-state index in [0.29, 0.717) is 19.0 Å². The van der Waals surface area contributed by atoms with Crippen molar-refractivity contribution in [3.63, 3.8) is 0 Å². The Morgan fingerprint density at radius 2 is 1.95 bits per heavy atom. The van der Waals surface area contributed by atoms with Crippen molar-refractivity contribution >= 4 is 16.0 Å². The van der Waals surface area contributed by atoms with Crippen molar-refractivity contribution in [1.82, 2.24) is 9.62 Å². The Labute approximate surface area is 128 Å². The highest BCUT2D eigenvalue weighted by atomic mass is 32.2. The Morgan fingerprint density at radius 3 is 2.52 bits per heavy atom. The number of piperidine rings is 1. The summed E-state index contributed by atoms with van der Waals surface area (Å²) in [4.78, 5) is 11.3. The Kier molecular flexibility index (Phi) is 8.21. The zero-order valence-electron chi connectivity index (χ0n) is 13.1. The number of nitrogens with zero attached hydrogens (tertiary/aromatic N) is 1. The van der Waals surface area contributed by atoms with E-state index in [2.05, 4.69) is 5.32 Å². The van der Waals surface area contributed by atoms with E-state index in [9.17, 15) is 13.2 Å². The van der Waals surface area contributed by atoms with Gasteiger partial charge in [-0.25, -0.2) is 12.7 Å². The lowest BCUT2D eigenvalue weighted by Gasteiger charge is -2.29. The van der Waals surface area contributed by atoms with Gasteiger partial charge in [0.2, 0.25) is 10.0 Å². The average molecular weight is 320 g/mol. The van der Waals surface area contributed by atoms with Crippen LogP contribution in [0.3, 0.4) is 0 Å². The quantitative estimate of drug-likeness (QED) is 0.641. The number of sulfonamides is 1. The Balaban J connectivity index is 2.57. The van der Waals surface area contributed by atoms with Crippen LogP contribution in [0.5, 0.6) is 0 Å². The third-order valence-electron chi connectivity index (χ3n) is 3.66. The number of ether oxygens (including phenoxy) is 1. The topological polar surface area (TPSA) is 75.7 Å². The summed E-state index contributed by atoms with van der Waals surface area (Å²) in [5, 5.41) is 3.28. The molecule has 0 atom stereocenters. The lowest BCUT2D eigenvalue weighted by atomic mass is 9.98. The van der Waals surface area contributed by atoms with Gasteiger partial charge in [-0.05, 0) is 45.2 Å². The number of nitrogens with one attached hydrogen (secondary N) is 1. The van der Waals surface area contributed by atoms with Gasteiger partial charge in [-0.2, -0.15) is 0 Å². The molecule has 0 saturated carbocycles. The lowest BCUT2D eigenvalue weighted by molar-refractivity contribution is -0.142. The second-order valence-corrected chi connectivity index (χ2v) is 7.51. The fourth-order valence-electron chi connectivity index (χ4n) is 2.52. The standard InChI is InChI=1S/C14H28N2O4S/c1-3-10-16(12-13-5-8-15-9-6-13)21(18,19)11-7-14(17)20-4-2/h13,15H,3-12H2,1-2H3. The van der Waals surface area contributed by atoms with Crippen LogP contribution in [0.1, 0.15) is 39.5 Å². The van der Waals surface area contributed by atoms with E-state index in [0.717, 1.165) is 32.4 Å². The highest BCUT2D eigenvalue weighted by Gasteiger charge is 2.26. The maximum Gasteiger partial charge on any atom is 0.306 e. The van der Waals surface area contributed by atoms with Gasteiger partial charge in [-0.1, -0.05) is 6.92 Å². The summed E-state index contributed by atoms with van der Waals surface area (Å²) in [6.45, 7) is 6.96. The van der Waals surface area contributed by atoms with Gasteiger partial charge in [-0.15, -0.1) is 0 Å². The van der Waals surface area contributed by atoms with Crippen molar-refractivity contribution in [2.24, 2.45) is 5.92 Å². The van der Waals surface area contributed by atoms with Crippen molar-refractivity contribution in [1.29, 1.82) is 0 Å². The van der Waals surface area contributed by atoms with Gasteiger partial charge < -0.3 is 10.1 Å². The predicted molar refractivity (Wildman–Crippen MR) is 82.5 cm³/mol. The minimum Gasteiger partial charge on any atom is -0.466 e. The molecule has 0 aromatic rings. The molecule has 1 aliphatic rings. The van der Waals surface area contributed by atoms with Crippen molar-refractivity contribution in [2.75, 3.05) is 38.5 Å². The monoisotopic (exact) mass is 320 g/mol. The SMILES string of the molecule is CCCN(CC1CCNCC1)S(=O)(=O)CCC(=O)OCC. The molecule has 7 heteroatoms. The molecular formula is C14H28N2O4S. The molecule has 0 aromatic heterocycles. The second kappa shape index (κ2) is 9.38. The van der Waals surface area contributed by atoms with E-state index in [1.54, 1.807) is 11.2 Å². The van der Waals surface area contributed by atoms with Crippen molar-refractivity contribution in [2.45, 2.75) is 39.5 Å². The molecule has 0 aromatic carbocycles. The van der Waals surface area contributed by atoms with Crippen LogP contribution in [-0.4, -0.2) is 57.2 Å². The molecule has 1 heterocycles. The number of carbonyl (C=O) groups excluding carboxylic acids is 1. The molecule has 1 N–H and O–H groups in total. The van der Waals surface area contributed by atoms with Gasteiger partial charge in [0.25, 0.3) is 0 Å². The Hall–Kier alpha value is -0.660. The summed E-state index contributed by atoms with van der Waals surface area (Å²) in [5.41, 5.74) is 0. The first-order valence-electron chi connectivity index (χ1n) is 7.83. The van der Waals surface area contributed by atoms with E-state index in [-0.39, 0.29) is 18.8 Å². The molecule has 0 aliphatic carbocycles. The summed E-state index contributed by atoms with van der Waals surface area (Å²) in [7, 11) is -3.39. The van der Waals surface area contributed by atoms with Crippen LogP contribution in [0.4, 0.5) is 0 Å². The van der Waals surface area contributed by atoms with Crippen LogP contribution < -0.4 is 5.32 Å². The third-order valence-corrected chi connectivity index (χ3v) is 5.49. The van der Waals surface area contributed by atoms with Crippen LogP contribution in [0.15, 0.2) is 0 Å². The molecule has 0 unspecified atom stereocenters. The first kappa shape index (κ1) is 18.4. The zero-order chi connectivity index (χ0) is 15.7. The van der Waals surface area contributed by atoms with E-state index in [1.165, 1.54) is 0 Å².